The van der Waals surface area contributed by atoms with Gasteiger partial charge in [0.15, 0.2) is 5.78 Å². The van der Waals surface area contributed by atoms with E-state index in [4.69, 9.17) is 14.6 Å². The molecule has 11 heteroatoms. The predicted octanol–water partition coefficient (Wildman–Crippen LogP) is 14.1. The second-order valence-electron chi connectivity index (χ2n) is 25.2. The molecule has 0 saturated heterocycles. The second-order valence-corrected chi connectivity index (χ2v) is 25.2. The van der Waals surface area contributed by atoms with Crippen LogP contribution in [0.15, 0.2) is 53.1 Å². The number of para-hydroxylation sites is 1. The molecular formula is C64H98N2O9. The van der Waals surface area contributed by atoms with Gasteiger partial charge in [-0.05, 0) is 237 Å². The van der Waals surface area contributed by atoms with E-state index >= 15 is 0 Å². The van der Waals surface area contributed by atoms with Crippen LogP contribution in [0.4, 0.5) is 15.3 Å². The Morgan fingerprint density at radius 3 is 2.31 bits per heavy atom. The molecule has 8 aliphatic rings. The van der Waals surface area contributed by atoms with Gasteiger partial charge in [0.05, 0.1) is 19.3 Å². The van der Waals surface area contributed by atoms with E-state index in [9.17, 15) is 19.2 Å². The number of nitrogens with zero attached hydrogens (tertiary/aromatic N) is 1. The first-order valence-electron chi connectivity index (χ1n) is 29.3. The molecular weight excluding hydrogens is 941 g/mol. The van der Waals surface area contributed by atoms with Crippen LogP contribution in [0.3, 0.4) is 0 Å². The number of nitrogens with one attached hydrogen (secondary N) is 1. The molecule has 9 rings (SSSR count). The van der Waals surface area contributed by atoms with Gasteiger partial charge in [0, 0.05) is 58.8 Å². The smallest absolute Gasteiger partial charge is 0.450 e. The zero-order valence-electron chi connectivity index (χ0n) is 48.0. The van der Waals surface area contributed by atoms with Gasteiger partial charge in [-0.2, -0.15) is 0 Å². The van der Waals surface area contributed by atoms with Crippen molar-refractivity contribution in [3.63, 3.8) is 0 Å². The van der Waals surface area contributed by atoms with Crippen molar-refractivity contribution in [1.29, 1.82) is 0 Å². The van der Waals surface area contributed by atoms with Crippen molar-refractivity contribution in [3.05, 3.63) is 53.1 Å². The number of likely N-dealkylation sites (N-methyl/N-ethyl adjacent to an activating group) is 1. The first-order chi connectivity index (χ1) is 35.9. The molecule has 0 spiro atoms. The van der Waals surface area contributed by atoms with Crippen LogP contribution in [-0.2, 0) is 28.5 Å². The van der Waals surface area contributed by atoms with Crippen LogP contribution in [0.1, 0.15) is 177 Å². The number of carbonyl (C=O) groups is 4. The largest absolute Gasteiger partial charge is 0.505 e. The van der Waals surface area contributed by atoms with Crippen LogP contribution < -0.4 is 10.2 Å². The lowest BCUT2D eigenvalue weighted by atomic mass is 9.44. The van der Waals surface area contributed by atoms with E-state index in [0.717, 1.165) is 98.9 Å². The van der Waals surface area contributed by atoms with Gasteiger partial charge in [-0.15, -0.1) is 5.92 Å². The van der Waals surface area contributed by atoms with Gasteiger partial charge in [0.25, 0.3) is 0 Å². The molecule has 0 aromatic heterocycles. The Labute approximate surface area is 452 Å². The maximum Gasteiger partial charge on any atom is 0.505 e. The minimum atomic E-state index is -1.31. The molecule has 0 bridgehead atoms. The Kier molecular flexibility index (Phi) is 22.4. The van der Waals surface area contributed by atoms with E-state index in [-0.39, 0.29) is 6.61 Å². The van der Waals surface area contributed by atoms with Gasteiger partial charge < -0.3 is 39.1 Å². The number of alkyl carbamates (subject to hydrolysis) is 1. The number of aldehydes is 1. The van der Waals surface area contributed by atoms with Crippen LogP contribution >= 0.6 is 0 Å². The van der Waals surface area contributed by atoms with Crippen molar-refractivity contribution >= 4 is 30.0 Å². The molecule has 6 fully saturated rings. The summed E-state index contributed by atoms with van der Waals surface area (Å²) in [6.07, 6.45) is 25.9. The highest BCUT2D eigenvalue weighted by molar-refractivity contribution is 5.93. The highest BCUT2D eigenvalue weighted by Crippen LogP contribution is 2.68. The van der Waals surface area contributed by atoms with Crippen LogP contribution in [0.5, 0.6) is 0 Å². The lowest BCUT2D eigenvalue weighted by Crippen LogP contribution is -2.54. The Hall–Kier alpha value is -4.14. The highest BCUT2D eigenvalue weighted by Gasteiger charge is 2.60. The van der Waals surface area contributed by atoms with Crippen molar-refractivity contribution in [2.75, 3.05) is 52.5 Å². The van der Waals surface area contributed by atoms with Gasteiger partial charge >= 0.3 is 12.2 Å². The number of methoxy groups -OCH3 is 1. The number of amides is 1. The fraction of sp³-hybridized carbons (Fsp3) is 0.750. The van der Waals surface area contributed by atoms with E-state index in [1.165, 1.54) is 101 Å². The summed E-state index contributed by atoms with van der Waals surface area (Å²) in [5.74, 6) is 15.3. The molecule has 75 heavy (non-hydrogen) atoms. The third-order valence-corrected chi connectivity index (χ3v) is 19.7. The number of anilines is 1. The number of fused-ring (bicyclic) bond motifs is 9. The molecule has 0 aliphatic heterocycles. The van der Waals surface area contributed by atoms with E-state index in [1.54, 1.807) is 46.1 Å². The van der Waals surface area contributed by atoms with Gasteiger partial charge in [0.2, 0.25) is 0 Å². The SMILES string of the molecule is CC#CC1CCC2C3CCC4=CC(=O)CCC4=C3CCC12.CC(C)(C)OC(=O)NCCCOC(=O)O.CC(CCC=O)C1CCC2C3CCC4CC(OCCN(C)c5ccccc5)CCC4(C)C3CCC12C.COC. The zero-order chi connectivity index (χ0) is 54.3. The average molecular weight is 1040 g/mol. The van der Waals surface area contributed by atoms with Gasteiger partial charge in [-0.3, -0.25) is 4.79 Å². The van der Waals surface area contributed by atoms with Gasteiger partial charge in [-0.1, -0.05) is 50.5 Å². The topological polar surface area (TPSA) is 141 Å². The summed E-state index contributed by atoms with van der Waals surface area (Å²) in [5, 5.41) is 10.6. The maximum absolute atomic E-state index is 11.7. The van der Waals surface area contributed by atoms with E-state index in [0.29, 0.717) is 47.5 Å². The van der Waals surface area contributed by atoms with Crippen molar-refractivity contribution in [1.82, 2.24) is 5.32 Å². The van der Waals surface area contributed by atoms with Crippen molar-refractivity contribution < 1.29 is 43.2 Å². The maximum atomic E-state index is 11.7. The van der Waals surface area contributed by atoms with Crippen LogP contribution in [0, 0.1) is 81.8 Å². The Morgan fingerprint density at radius 2 is 1.60 bits per heavy atom. The first-order valence-corrected chi connectivity index (χ1v) is 29.3. The predicted molar refractivity (Wildman–Crippen MR) is 299 cm³/mol. The second kappa shape index (κ2) is 28.0. The molecule has 6 saturated carbocycles. The molecule has 13 atom stereocenters. The van der Waals surface area contributed by atoms with E-state index in [1.807, 2.05) is 13.0 Å². The summed E-state index contributed by atoms with van der Waals surface area (Å²) in [6.45, 7) is 17.2. The number of carboxylic acid groups (broad SMARTS) is 1. The number of carbonyl (C=O) groups excluding carboxylic acids is 3. The number of benzene rings is 1. The number of allylic oxidation sites excluding steroid dienone is 4. The Bertz CT molecular complexity index is 2150. The number of ether oxygens (including phenoxy) is 4. The van der Waals surface area contributed by atoms with Crippen molar-refractivity contribution in [3.8, 4) is 11.8 Å². The minimum absolute atomic E-state index is 0.0606. The Balaban J connectivity index is 0.000000198. The summed E-state index contributed by atoms with van der Waals surface area (Å²) in [7, 11) is 5.42. The summed E-state index contributed by atoms with van der Waals surface area (Å²) >= 11 is 0. The first kappa shape index (κ1) is 60.1. The average Bonchev–Trinajstić information content (AvgIpc) is 3.96. The molecule has 2 N–H and O–H groups in total. The zero-order valence-corrected chi connectivity index (χ0v) is 48.0. The van der Waals surface area contributed by atoms with Gasteiger partial charge in [-0.25, -0.2) is 9.59 Å². The number of hydrogen-bond donors (Lipinski definition) is 2. The number of ketones is 1. The third kappa shape index (κ3) is 15.5. The fourth-order valence-electron chi connectivity index (χ4n) is 16.4. The molecule has 1 aromatic carbocycles. The molecule has 1 aromatic rings. The number of hydrogen-bond acceptors (Lipinski definition) is 9. The lowest BCUT2D eigenvalue weighted by molar-refractivity contribution is -0.136. The Morgan fingerprint density at radius 1 is 0.880 bits per heavy atom. The fourth-order valence-corrected chi connectivity index (χ4v) is 16.4. The molecule has 0 radical (unpaired) electrons. The third-order valence-electron chi connectivity index (χ3n) is 19.7. The monoisotopic (exact) mass is 1040 g/mol. The summed E-state index contributed by atoms with van der Waals surface area (Å²) < 4.78 is 20.0. The minimum Gasteiger partial charge on any atom is -0.450 e. The molecule has 13 unspecified atom stereocenters. The van der Waals surface area contributed by atoms with Gasteiger partial charge in [0.1, 0.15) is 11.9 Å². The molecule has 418 valence electrons. The summed E-state index contributed by atoms with van der Waals surface area (Å²) in [6, 6.07) is 10.7. The normalized spacial score (nSPS) is 32.5. The standard InChI is InChI=1S/C33H51NO2.C20H24O.C9H17NO5.C2H6O/c1-24(9-8-21-35)29-14-15-30-28-13-12-25-23-27(36-22-20-34(4)26-10-6-5-7-11-26)16-18-32(25,2)31(28)17-19-33(29,30)3;1-2-3-13-4-7-18-16(13)10-11-19-17-9-6-15(21)12-14(17)5-8-20(18)19;1-9(2,3)15-7(11)10-5-4-6-14-8(12)13;1-3-2/h5-7,10-11,21,24-25,27-31H,8-9,12-20,22-23H2,1-4H3;12-13,16,18,20H,4-11H2,1H3;4-6H2,1-3H3,(H,10,11)(H,12,13);1-2H3. The number of rotatable bonds is 13. The molecule has 0 heterocycles. The van der Waals surface area contributed by atoms with E-state index < -0.39 is 17.8 Å². The highest BCUT2D eigenvalue weighted by atomic mass is 16.7. The quantitative estimate of drug-likeness (QED) is 0.0849. The van der Waals surface area contributed by atoms with Crippen LogP contribution in [0.25, 0.3) is 0 Å². The van der Waals surface area contributed by atoms with Crippen molar-refractivity contribution in [2.45, 2.75) is 189 Å². The molecule has 11 nitrogen and oxygen atoms in total. The van der Waals surface area contributed by atoms with Crippen molar-refractivity contribution in [2.24, 2.45) is 70.0 Å². The summed E-state index contributed by atoms with van der Waals surface area (Å²) in [4.78, 5) is 46.0. The van der Waals surface area contributed by atoms with Crippen LogP contribution in [-0.4, -0.2) is 88.7 Å². The van der Waals surface area contributed by atoms with Crippen LogP contribution in [0.2, 0.25) is 0 Å². The summed E-state index contributed by atoms with van der Waals surface area (Å²) in [5.41, 5.74) is 6.50. The lowest BCUT2D eigenvalue weighted by Gasteiger charge is -2.61. The molecule has 1 amide bonds. The molecule has 8 aliphatic carbocycles. The van der Waals surface area contributed by atoms with E-state index in [2.05, 4.69) is 89.7 Å².